The summed E-state index contributed by atoms with van der Waals surface area (Å²) in [6, 6.07) is 0. The zero-order valence-corrected chi connectivity index (χ0v) is 8.29. The van der Waals surface area contributed by atoms with Crippen molar-refractivity contribution in [3.8, 4) is 0 Å². The average molecular weight is 180 g/mol. The number of oxazole rings is 1. The third kappa shape index (κ3) is 1.91. The summed E-state index contributed by atoms with van der Waals surface area (Å²) in [5.41, 5.74) is 0. The number of hydrogen-bond acceptors (Lipinski definition) is 3. The van der Waals surface area contributed by atoms with Gasteiger partial charge in [-0.15, -0.1) is 0 Å². The Morgan fingerprint density at radius 3 is 2.69 bits per heavy atom. The molecule has 0 bridgehead atoms. The molecule has 3 heteroatoms. The lowest BCUT2D eigenvalue weighted by molar-refractivity contribution is 0.239. The fourth-order valence-corrected chi connectivity index (χ4v) is 1.86. The predicted octanol–water partition coefficient (Wildman–Crippen LogP) is 1.79. The van der Waals surface area contributed by atoms with Crippen molar-refractivity contribution in [2.45, 2.75) is 25.7 Å². The first-order valence-electron chi connectivity index (χ1n) is 4.86. The van der Waals surface area contributed by atoms with Gasteiger partial charge in [0.05, 0.1) is 6.20 Å². The Bertz CT molecular complexity index is 274. The molecule has 1 aromatic heterocycles. The van der Waals surface area contributed by atoms with Gasteiger partial charge in [0, 0.05) is 12.8 Å². The highest BCUT2D eigenvalue weighted by Gasteiger charge is 2.21. The van der Waals surface area contributed by atoms with Gasteiger partial charge < -0.3 is 9.32 Å². The maximum absolute atomic E-state index is 5.53. The Kier molecular flexibility index (Phi) is 2.36. The van der Waals surface area contributed by atoms with Crippen LogP contribution in [0.2, 0.25) is 0 Å². The van der Waals surface area contributed by atoms with E-state index < -0.39 is 0 Å². The minimum atomic E-state index is 0.595. The van der Waals surface area contributed by atoms with Crippen LogP contribution in [-0.2, 0) is 0 Å². The van der Waals surface area contributed by atoms with Gasteiger partial charge in [-0.05, 0) is 33.0 Å². The number of likely N-dealkylation sites (tertiary alicyclic amines) is 1. The molecule has 2 rings (SSSR count). The van der Waals surface area contributed by atoms with Gasteiger partial charge in [0.25, 0.3) is 0 Å². The number of aryl methyl sites for hydroxylation is 1. The number of rotatable bonds is 1. The SMILES string of the molecule is Cc1ncc(C2CCN(C)CC2)o1. The van der Waals surface area contributed by atoms with Crippen LogP contribution in [0.4, 0.5) is 0 Å². The highest BCUT2D eigenvalue weighted by atomic mass is 16.4. The Morgan fingerprint density at radius 1 is 1.46 bits per heavy atom. The molecule has 0 unspecified atom stereocenters. The van der Waals surface area contributed by atoms with E-state index in [9.17, 15) is 0 Å². The summed E-state index contributed by atoms with van der Waals surface area (Å²) in [6.07, 6.45) is 4.28. The maximum atomic E-state index is 5.53. The van der Waals surface area contributed by atoms with E-state index in [4.69, 9.17) is 4.42 Å². The largest absolute Gasteiger partial charge is 0.446 e. The van der Waals surface area contributed by atoms with Crippen LogP contribution < -0.4 is 0 Å². The van der Waals surface area contributed by atoms with Crippen LogP contribution in [0.5, 0.6) is 0 Å². The van der Waals surface area contributed by atoms with Crippen LogP contribution in [0.1, 0.15) is 30.4 Å². The highest BCUT2D eigenvalue weighted by molar-refractivity contribution is 5.02. The molecule has 0 aromatic carbocycles. The number of nitrogens with zero attached hydrogens (tertiary/aromatic N) is 2. The van der Waals surface area contributed by atoms with E-state index in [2.05, 4.69) is 16.9 Å². The molecular weight excluding hydrogens is 164 g/mol. The fourth-order valence-electron chi connectivity index (χ4n) is 1.86. The second-order valence-corrected chi connectivity index (χ2v) is 3.86. The molecule has 1 aliphatic heterocycles. The molecule has 0 amide bonds. The summed E-state index contributed by atoms with van der Waals surface area (Å²) >= 11 is 0. The zero-order valence-electron chi connectivity index (χ0n) is 8.29. The molecule has 0 aliphatic carbocycles. The van der Waals surface area contributed by atoms with E-state index in [0.29, 0.717) is 5.92 Å². The quantitative estimate of drug-likeness (QED) is 0.660. The number of piperidine rings is 1. The monoisotopic (exact) mass is 180 g/mol. The van der Waals surface area contributed by atoms with Gasteiger partial charge >= 0.3 is 0 Å². The van der Waals surface area contributed by atoms with Crippen LogP contribution >= 0.6 is 0 Å². The van der Waals surface area contributed by atoms with Crippen molar-refractivity contribution in [3.63, 3.8) is 0 Å². The van der Waals surface area contributed by atoms with Gasteiger partial charge in [-0.2, -0.15) is 0 Å². The van der Waals surface area contributed by atoms with Gasteiger partial charge in [-0.1, -0.05) is 0 Å². The molecule has 1 aromatic rings. The lowest BCUT2D eigenvalue weighted by Crippen LogP contribution is -2.29. The molecule has 72 valence electrons. The lowest BCUT2D eigenvalue weighted by Gasteiger charge is -2.27. The summed E-state index contributed by atoms with van der Waals surface area (Å²) < 4.78 is 5.53. The van der Waals surface area contributed by atoms with E-state index in [1.165, 1.54) is 25.9 Å². The van der Waals surface area contributed by atoms with Crippen molar-refractivity contribution in [3.05, 3.63) is 17.8 Å². The van der Waals surface area contributed by atoms with Gasteiger partial charge in [-0.3, -0.25) is 0 Å². The summed E-state index contributed by atoms with van der Waals surface area (Å²) in [6.45, 7) is 4.24. The lowest BCUT2D eigenvalue weighted by atomic mass is 9.95. The third-order valence-electron chi connectivity index (χ3n) is 2.76. The second-order valence-electron chi connectivity index (χ2n) is 3.86. The molecule has 3 nitrogen and oxygen atoms in total. The standard InChI is InChI=1S/C10H16N2O/c1-8-11-7-10(13-8)9-3-5-12(2)6-4-9/h7,9H,3-6H2,1-2H3. The van der Waals surface area contributed by atoms with E-state index >= 15 is 0 Å². The topological polar surface area (TPSA) is 29.3 Å². The van der Waals surface area contributed by atoms with E-state index in [1.54, 1.807) is 0 Å². The van der Waals surface area contributed by atoms with Crippen molar-refractivity contribution >= 4 is 0 Å². The minimum Gasteiger partial charge on any atom is -0.446 e. The first kappa shape index (κ1) is 8.75. The summed E-state index contributed by atoms with van der Waals surface area (Å²) in [5, 5.41) is 0. The van der Waals surface area contributed by atoms with Crippen LogP contribution in [0.25, 0.3) is 0 Å². The summed E-state index contributed by atoms with van der Waals surface area (Å²) in [4.78, 5) is 6.49. The molecular formula is C10H16N2O. The Balaban J connectivity index is 2.02. The van der Waals surface area contributed by atoms with Gasteiger partial charge in [0.2, 0.25) is 0 Å². The van der Waals surface area contributed by atoms with E-state index in [1.807, 2.05) is 13.1 Å². The maximum Gasteiger partial charge on any atom is 0.191 e. The van der Waals surface area contributed by atoms with Crippen molar-refractivity contribution in [1.29, 1.82) is 0 Å². The van der Waals surface area contributed by atoms with Gasteiger partial charge in [0.1, 0.15) is 5.76 Å². The van der Waals surface area contributed by atoms with Crippen molar-refractivity contribution < 1.29 is 4.42 Å². The molecule has 1 aliphatic rings. The van der Waals surface area contributed by atoms with Crippen LogP contribution in [0.3, 0.4) is 0 Å². The van der Waals surface area contributed by atoms with Crippen molar-refractivity contribution in [2.24, 2.45) is 0 Å². The molecule has 0 N–H and O–H groups in total. The summed E-state index contributed by atoms with van der Waals surface area (Å²) in [5.74, 6) is 2.46. The third-order valence-corrected chi connectivity index (χ3v) is 2.76. The molecule has 1 fully saturated rings. The molecule has 0 atom stereocenters. The Morgan fingerprint density at radius 2 is 2.15 bits per heavy atom. The van der Waals surface area contributed by atoms with Crippen LogP contribution in [0, 0.1) is 6.92 Å². The number of hydrogen-bond donors (Lipinski definition) is 0. The minimum absolute atomic E-state index is 0.595. The normalized spacial score (nSPS) is 20.8. The predicted molar refractivity (Wildman–Crippen MR) is 50.7 cm³/mol. The zero-order chi connectivity index (χ0) is 9.26. The van der Waals surface area contributed by atoms with Crippen molar-refractivity contribution in [2.75, 3.05) is 20.1 Å². The average Bonchev–Trinajstić information content (AvgIpc) is 2.53. The first-order valence-corrected chi connectivity index (χ1v) is 4.86. The van der Waals surface area contributed by atoms with Gasteiger partial charge in [-0.25, -0.2) is 4.98 Å². The molecule has 0 radical (unpaired) electrons. The van der Waals surface area contributed by atoms with Crippen LogP contribution in [0.15, 0.2) is 10.6 Å². The highest BCUT2D eigenvalue weighted by Crippen LogP contribution is 2.27. The fraction of sp³-hybridized carbons (Fsp3) is 0.700. The van der Waals surface area contributed by atoms with Crippen molar-refractivity contribution in [1.82, 2.24) is 9.88 Å². The van der Waals surface area contributed by atoms with Crippen LogP contribution in [-0.4, -0.2) is 30.0 Å². The van der Waals surface area contributed by atoms with Gasteiger partial charge in [0.15, 0.2) is 5.89 Å². The second kappa shape index (κ2) is 3.50. The molecule has 1 saturated heterocycles. The molecule has 0 spiro atoms. The first-order chi connectivity index (χ1) is 6.25. The molecule has 0 saturated carbocycles. The Labute approximate surface area is 78.8 Å². The number of aromatic nitrogens is 1. The molecule has 2 heterocycles. The summed E-state index contributed by atoms with van der Waals surface area (Å²) in [7, 11) is 2.17. The van der Waals surface area contributed by atoms with E-state index in [-0.39, 0.29) is 0 Å². The Hall–Kier alpha value is -0.830. The smallest absolute Gasteiger partial charge is 0.191 e. The van der Waals surface area contributed by atoms with E-state index in [0.717, 1.165) is 11.7 Å². The molecule has 13 heavy (non-hydrogen) atoms.